The van der Waals surface area contributed by atoms with Gasteiger partial charge in [0.25, 0.3) is 0 Å². The van der Waals surface area contributed by atoms with Crippen LogP contribution in [0.15, 0.2) is 65.6 Å². The van der Waals surface area contributed by atoms with Crippen molar-refractivity contribution in [2.45, 2.75) is 4.90 Å². The molecule has 0 spiro atoms. The van der Waals surface area contributed by atoms with E-state index in [0.717, 1.165) is 10.8 Å². The van der Waals surface area contributed by atoms with Crippen LogP contribution >= 0.6 is 0 Å². The van der Waals surface area contributed by atoms with Gasteiger partial charge in [-0.3, -0.25) is 0 Å². The van der Waals surface area contributed by atoms with Gasteiger partial charge in [-0.15, -0.1) is 0 Å². The molecule has 5 nitrogen and oxygen atoms in total. The maximum atomic E-state index is 12.5. The molecule has 0 fully saturated rings. The SMILES string of the molecule is O=S(=O)(Oc1ccc2ccccc2c1)c1ccc2c(c1)OCCO2. The van der Waals surface area contributed by atoms with Gasteiger partial charge in [-0.25, -0.2) is 0 Å². The molecule has 3 aromatic rings. The molecule has 4 rings (SSSR count). The Bertz CT molecular complexity index is 1010. The van der Waals surface area contributed by atoms with E-state index >= 15 is 0 Å². The monoisotopic (exact) mass is 342 g/mol. The first-order valence-corrected chi connectivity index (χ1v) is 8.86. The van der Waals surface area contributed by atoms with E-state index in [-0.39, 0.29) is 10.6 Å². The summed E-state index contributed by atoms with van der Waals surface area (Å²) in [7, 11) is -3.95. The topological polar surface area (TPSA) is 61.8 Å². The third-order valence-electron chi connectivity index (χ3n) is 3.73. The highest BCUT2D eigenvalue weighted by Gasteiger charge is 2.21. The largest absolute Gasteiger partial charge is 0.486 e. The van der Waals surface area contributed by atoms with Crippen molar-refractivity contribution in [2.75, 3.05) is 13.2 Å². The Balaban J connectivity index is 1.66. The highest BCUT2D eigenvalue weighted by atomic mass is 32.2. The number of ether oxygens (including phenoxy) is 2. The van der Waals surface area contributed by atoms with E-state index in [9.17, 15) is 8.42 Å². The lowest BCUT2D eigenvalue weighted by molar-refractivity contribution is 0.171. The fourth-order valence-corrected chi connectivity index (χ4v) is 3.51. The third-order valence-corrected chi connectivity index (χ3v) is 4.97. The quantitative estimate of drug-likeness (QED) is 0.683. The Morgan fingerprint density at radius 1 is 0.792 bits per heavy atom. The molecule has 1 heterocycles. The molecule has 1 aliphatic heterocycles. The minimum atomic E-state index is -3.95. The predicted octanol–water partition coefficient (Wildman–Crippen LogP) is 3.38. The summed E-state index contributed by atoms with van der Waals surface area (Å²) >= 11 is 0. The van der Waals surface area contributed by atoms with Crippen molar-refractivity contribution < 1.29 is 22.1 Å². The number of hydrogen-bond donors (Lipinski definition) is 0. The Morgan fingerprint density at radius 3 is 2.38 bits per heavy atom. The van der Waals surface area contributed by atoms with Crippen molar-refractivity contribution in [3.05, 3.63) is 60.7 Å². The Hall–Kier alpha value is -2.73. The summed E-state index contributed by atoms with van der Waals surface area (Å²) in [6.45, 7) is 0.842. The predicted molar refractivity (Wildman–Crippen MR) is 89.2 cm³/mol. The van der Waals surface area contributed by atoms with Crippen LogP contribution in [0.25, 0.3) is 10.8 Å². The Labute approximate surface area is 139 Å². The summed E-state index contributed by atoms with van der Waals surface area (Å²) in [5.74, 6) is 1.21. The van der Waals surface area contributed by atoms with Crippen molar-refractivity contribution in [3.63, 3.8) is 0 Å². The molecule has 0 amide bonds. The molecular formula is C18H14O5S. The zero-order chi connectivity index (χ0) is 16.6. The zero-order valence-electron chi connectivity index (χ0n) is 12.6. The van der Waals surface area contributed by atoms with Gasteiger partial charge < -0.3 is 13.7 Å². The second kappa shape index (κ2) is 5.72. The first-order valence-electron chi connectivity index (χ1n) is 7.45. The maximum absolute atomic E-state index is 12.5. The normalized spacial score (nSPS) is 13.7. The van der Waals surface area contributed by atoms with Gasteiger partial charge in [0.05, 0.1) is 0 Å². The van der Waals surface area contributed by atoms with Crippen LogP contribution in [-0.4, -0.2) is 21.6 Å². The van der Waals surface area contributed by atoms with E-state index in [1.807, 2.05) is 30.3 Å². The average Bonchev–Trinajstić information content (AvgIpc) is 2.61. The lowest BCUT2D eigenvalue weighted by Gasteiger charge is -2.18. The van der Waals surface area contributed by atoms with E-state index in [1.165, 1.54) is 12.1 Å². The van der Waals surface area contributed by atoms with E-state index in [4.69, 9.17) is 13.7 Å². The van der Waals surface area contributed by atoms with Gasteiger partial charge >= 0.3 is 10.1 Å². The summed E-state index contributed by atoms with van der Waals surface area (Å²) < 4.78 is 41.1. The fraction of sp³-hybridized carbons (Fsp3) is 0.111. The van der Waals surface area contributed by atoms with Crippen LogP contribution in [0.2, 0.25) is 0 Å². The number of rotatable bonds is 3. The minimum Gasteiger partial charge on any atom is -0.486 e. The van der Waals surface area contributed by atoms with Gasteiger partial charge in [-0.05, 0) is 35.0 Å². The molecule has 0 N–H and O–H groups in total. The number of fused-ring (bicyclic) bond motifs is 2. The standard InChI is InChI=1S/C18H14O5S/c19-24(20,16-7-8-17-18(12-16)22-10-9-21-17)23-15-6-5-13-3-1-2-4-14(13)11-15/h1-8,11-12H,9-10H2. The van der Waals surface area contributed by atoms with Crippen molar-refractivity contribution in [3.8, 4) is 17.2 Å². The number of benzene rings is 3. The van der Waals surface area contributed by atoms with Crippen LogP contribution in [-0.2, 0) is 10.1 Å². The van der Waals surface area contributed by atoms with Gasteiger partial charge in [0.1, 0.15) is 23.9 Å². The summed E-state index contributed by atoms with van der Waals surface area (Å²) in [6.07, 6.45) is 0. The summed E-state index contributed by atoms with van der Waals surface area (Å²) in [4.78, 5) is 0.0277. The first kappa shape index (κ1) is 14.8. The number of hydrogen-bond acceptors (Lipinski definition) is 5. The van der Waals surface area contributed by atoms with Crippen LogP contribution < -0.4 is 13.7 Å². The summed E-state index contributed by atoms with van der Waals surface area (Å²) in [5.41, 5.74) is 0. The first-order chi connectivity index (χ1) is 11.6. The van der Waals surface area contributed by atoms with Gasteiger partial charge in [0, 0.05) is 6.07 Å². The second-order valence-corrected chi connectivity index (χ2v) is 6.90. The van der Waals surface area contributed by atoms with Gasteiger partial charge in [0.15, 0.2) is 11.5 Å². The minimum absolute atomic E-state index is 0.0277. The Kier molecular flexibility index (Phi) is 3.54. The molecule has 0 saturated heterocycles. The van der Waals surface area contributed by atoms with Crippen molar-refractivity contribution >= 4 is 20.9 Å². The Morgan fingerprint density at radius 2 is 1.54 bits per heavy atom. The van der Waals surface area contributed by atoms with E-state index < -0.39 is 10.1 Å². The fourth-order valence-electron chi connectivity index (χ4n) is 2.57. The summed E-state index contributed by atoms with van der Waals surface area (Å²) in [6, 6.07) is 17.3. The lowest BCUT2D eigenvalue weighted by Crippen LogP contribution is -2.16. The molecule has 0 saturated carbocycles. The van der Waals surface area contributed by atoms with Crippen LogP contribution in [0.5, 0.6) is 17.2 Å². The van der Waals surface area contributed by atoms with Gasteiger partial charge in [-0.1, -0.05) is 30.3 Å². The van der Waals surface area contributed by atoms with Crippen LogP contribution in [0.3, 0.4) is 0 Å². The highest BCUT2D eigenvalue weighted by Crippen LogP contribution is 2.33. The van der Waals surface area contributed by atoms with Crippen LogP contribution in [0.1, 0.15) is 0 Å². The molecule has 0 radical (unpaired) electrons. The highest BCUT2D eigenvalue weighted by molar-refractivity contribution is 7.87. The van der Waals surface area contributed by atoms with Crippen molar-refractivity contribution in [1.29, 1.82) is 0 Å². The zero-order valence-corrected chi connectivity index (χ0v) is 13.5. The lowest BCUT2D eigenvalue weighted by atomic mass is 10.1. The molecule has 0 aliphatic carbocycles. The molecule has 0 bridgehead atoms. The van der Waals surface area contributed by atoms with Gasteiger partial charge in [0.2, 0.25) is 0 Å². The maximum Gasteiger partial charge on any atom is 0.339 e. The van der Waals surface area contributed by atoms with Crippen LogP contribution in [0, 0.1) is 0 Å². The van der Waals surface area contributed by atoms with Crippen molar-refractivity contribution in [1.82, 2.24) is 0 Å². The molecule has 0 unspecified atom stereocenters. The second-order valence-electron chi connectivity index (χ2n) is 5.35. The molecule has 3 aromatic carbocycles. The van der Waals surface area contributed by atoms with E-state index in [2.05, 4.69) is 0 Å². The molecular weight excluding hydrogens is 328 g/mol. The third kappa shape index (κ3) is 2.76. The summed E-state index contributed by atoms with van der Waals surface area (Å²) in [5, 5.41) is 1.92. The van der Waals surface area contributed by atoms with Gasteiger partial charge in [-0.2, -0.15) is 8.42 Å². The van der Waals surface area contributed by atoms with E-state index in [0.29, 0.717) is 24.7 Å². The molecule has 122 valence electrons. The smallest absolute Gasteiger partial charge is 0.339 e. The molecule has 6 heteroatoms. The molecule has 24 heavy (non-hydrogen) atoms. The van der Waals surface area contributed by atoms with Crippen molar-refractivity contribution in [2.24, 2.45) is 0 Å². The average molecular weight is 342 g/mol. The molecule has 1 aliphatic rings. The molecule has 0 aromatic heterocycles. The van der Waals surface area contributed by atoms with E-state index in [1.54, 1.807) is 18.2 Å². The molecule has 0 atom stereocenters. The van der Waals surface area contributed by atoms with Crippen LogP contribution in [0.4, 0.5) is 0 Å².